The summed E-state index contributed by atoms with van der Waals surface area (Å²) in [6.45, 7) is 1.30. The van der Waals surface area contributed by atoms with Crippen molar-refractivity contribution in [3.05, 3.63) is 65.5 Å². The molecule has 0 unspecified atom stereocenters. The number of halogens is 1. The van der Waals surface area contributed by atoms with Crippen molar-refractivity contribution in [3.63, 3.8) is 0 Å². The monoisotopic (exact) mass is 258 g/mol. The van der Waals surface area contributed by atoms with Crippen LogP contribution in [-0.2, 0) is 4.79 Å². The normalized spacial score (nSPS) is 10.0. The third-order valence-electron chi connectivity index (χ3n) is 2.48. The van der Waals surface area contributed by atoms with Gasteiger partial charge in [-0.05, 0) is 48.5 Å². The maximum atomic E-state index is 12.8. The van der Waals surface area contributed by atoms with E-state index in [2.05, 4.69) is 0 Å². The average Bonchev–Trinajstić information content (AvgIpc) is 2.39. The Kier molecular flexibility index (Phi) is 3.71. The van der Waals surface area contributed by atoms with Crippen LogP contribution in [0.3, 0.4) is 0 Å². The van der Waals surface area contributed by atoms with Crippen LogP contribution in [0.4, 0.5) is 4.39 Å². The minimum absolute atomic E-state index is 0.214. The minimum Gasteiger partial charge on any atom is -0.427 e. The Bertz CT molecular complexity index is 600. The third kappa shape index (κ3) is 3.25. The number of hydrogen-bond acceptors (Lipinski definition) is 3. The maximum absolute atomic E-state index is 12.8. The highest BCUT2D eigenvalue weighted by molar-refractivity contribution is 6.09. The van der Waals surface area contributed by atoms with Crippen molar-refractivity contribution in [1.29, 1.82) is 0 Å². The van der Waals surface area contributed by atoms with Gasteiger partial charge in [-0.2, -0.15) is 0 Å². The number of carbonyl (C=O) groups is 2. The van der Waals surface area contributed by atoms with Crippen LogP contribution in [0, 0.1) is 5.82 Å². The van der Waals surface area contributed by atoms with E-state index in [0.29, 0.717) is 16.9 Å². The van der Waals surface area contributed by atoms with Crippen molar-refractivity contribution in [3.8, 4) is 5.75 Å². The number of benzene rings is 2. The highest BCUT2D eigenvalue weighted by atomic mass is 19.1. The molecule has 0 saturated carbocycles. The van der Waals surface area contributed by atoms with E-state index in [-0.39, 0.29) is 11.6 Å². The first-order chi connectivity index (χ1) is 9.06. The number of carbonyl (C=O) groups excluding carboxylic acids is 2. The number of hydrogen-bond donors (Lipinski definition) is 0. The van der Waals surface area contributed by atoms with Gasteiger partial charge in [0.05, 0.1) is 0 Å². The Hall–Kier alpha value is -2.49. The highest BCUT2D eigenvalue weighted by Crippen LogP contribution is 2.16. The largest absolute Gasteiger partial charge is 0.427 e. The summed E-state index contributed by atoms with van der Waals surface area (Å²) in [6.07, 6.45) is 0. The molecule has 0 atom stereocenters. The standard InChI is InChI=1S/C15H11FO3/c1-10(17)19-14-8-4-12(5-9-14)15(18)11-2-6-13(16)7-3-11/h2-9H,1H3. The molecule has 0 heterocycles. The average molecular weight is 258 g/mol. The molecule has 0 fully saturated rings. The summed E-state index contributed by atoms with van der Waals surface area (Å²) in [4.78, 5) is 22.8. The summed E-state index contributed by atoms with van der Waals surface area (Å²) in [5.74, 6) is -0.642. The summed E-state index contributed by atoms with van der Waals surface area (Å²) >= 11 is 0. The van der Waals surface area contributed by atoms with Gasteiger partial charge in [0.25, 0.3) is 0 Å². The van der Waals surface area contributed by atoms with E-state index in [1.807, 2.05) is 0 Å². The zero-order chi connectivity index (χ0) is 13.8. The number of rotatable bonds is 3. The number of esters is 1. The smallest absolute Gasteiger partial charge is 0.308 e. The first kappa shape index (κ1) is 13.0. The van der Waals surface area contributed by atoms with Gasteiger partial charge in [-0.15, -0.1) is 0 Å². The topological polar surface area (TPSA) is 43.4 Å². The van der Waals surface area contributed by atoms with Crippen LogP contribution in [0.1, 0.15) is 22.8 Å². The van der Waals surface area contributed by atoms with E-state index in [1.165, 1.54) is 43.3 Å². The van der Waals surface area contributed by atoms with Gasteiger partial charge in [-0.25, -0.2) is 4.39 Å². The molecular formula is C15H11FO3. The van der Waals surface area contributed by atoms with Crippen molar-refractivity contribution in [2.24, 2.45) is 0 Å². The molecule has 0 aliphatic carbocycles. The minimum atomic E-state index is -0.419. The summed E-state index contributed by atoms with van der Waals surface area (Å²) in [6, 6.07) is 11.5. The molecule has 4 heteroatoms. The van der Waals surface area contributed by atoms with Crippen LogP contribution in [0.25, 0.3) is 0 Å². The highest BCUT2D eigenvalue weighted by Gasteiger charge is 2.09. The lowest BCUT2D eigenvalue weighted by Gasteiger charge is -2.03. The molecule has 2 aromatic carbocycles. The van der Waals surface area contributed by atoms with Crippen molar-refractivity contribution in [2.75, 3.05) is 0 Å². The van der Waals surface area contributed by atoms with E-state index in [9.17, 15) is 14.0 Å². The Labute approximate surface area is 109 Å². The van der Waals surface area contributed by atoms with Crippen molar-refractivity contribution >= 4 is 11.8 Å². The van der Waals surface area contributed by atoms with Crippen LogP contribution in [-0.4, -0.2) is 11.8 Å². The Morgan fingerprint density at radius 3 is 1.84 bits per heavy atom. The van der Waals surface area contributed by atoms with E-state index in [1.54, 1.807) is 12.1 Å². The first-order valence-electron chi connectivity index (χ1n) is 5.65. The van der Waals surface area contributed by atoms with Gasteiger partial charge < -0.3 is 4.74 Å². The zero-order valence-corrected chi connectivity index (χ0v) is 10.2. The van der Waals surface area contributed by atoms with Crippen molar-refractivity contribution < 1.29 is 18.7 Å². The quantitative estimate of drug-likeness (QED) is 0.483. The second kappa shape index (κ2) is 5.44. The lowest BCUT2D eigenvalue weighted by atomic mass is 10.0. The molecule has 0 aromatic heterocycles. The predicted molar refractivity (Wildman–Crippen MR) is 67.6 cm³/mol. The second-order valence-corrected chi connectivity index (χ2v) is 3.95. The van der Waals surface area contributed by atoms with Crippen LogP contribution in [0.2, 0.25) is 0 Å². The predicted octanol–water partition coefficient (Wildman–Crippen LogP) is 2.98. The van der Waals surface area contributed by atoms with Crippen LogP contribution >= 0.6 is 0 Å². The molecular weight excluding hydrogens is 247 g/mol. The molecule has 0 spiro atoms. The summed E-state index contributed by atoms with van der Waals surface area (Å²) < 4.78 is 17.6. The Morgan fingerprint density at radius 1 is 0.895 bits per heavy atom. The fourth-order valence-electron chi connectivity index (χ4n) is 1.61. The van der Waals surface area contributed by atoms with Crippen LogP contribution in [0.15, 0.2) is 48.5 Å². The van der Waals surface area contributed by atoms with E-state index < -0.39 is 5.97 Å². The van der Waals surface area contributed by atoms with Gasteiger partial charge in [0.1, 0.15) is 11.6 Å². The third-order valence-corrected chi connectivity index (χ3v) is 2.48. The Balaban J connectivity index is 2.20. The molecule has 0 amide bonds. The molecule has 0 aliphatic rings. The molecule has 0 bridgehead atoms. The molecule has 2 rings (SSSR count). The van der Waals surface area contributed by atoms with E-state index in [0.717, 1.165) is 0 Å². The van der Waals surface area contributed by atoms with Crippen LogP contribution in [0.5, 0.6) is 5.75 Å². The molecule has 3 nitrogen and oxygen atoms in total. The van der Waals surface area contributed by atoms with Gasteiger partial charge in [0, 0.05) is 18.1 Å². The lowest BCUT2D eigenvalue weighted by Crippen LogP contribution is -2.03. The molecule has 0 N–H and O–H groups in total. The number of ether oxygens (including phenoxy) is 1. The molecule has 0 saturated heterocycles. The fraction of sp³-hybridized carbons (Fsp3) is 0.0667. The SMILES string of the molecule is CC(=O)Oc1ccc(C(=O)c2ccc(F)cc2)cc1. The van der Waals surface area contributed by atoms with E-state index >= 15 is 0 Å². The van der Waals surface area contributed by atoms with Crippen molar-refractivity contribution in [2.45, 2.75) is 6.92 Å². The summed E-state index contributed by atoms with van der Waals surface area (Å²) in [7, 11) is 0. The fourth-order valence-corrected chi connectivity index (χ4v) is 1.61. The summed E-state index contributed by atoms with van der Waals surface area (Å²) in [5, 5.41) is 0. The molecule has 0 aliphatic heterocycles. The zero-order valence-electron chi connectivity index (χ0n) is 10.2. The molecule has 0 radical (unpaired) electrons. The first-order valence-corrected chi connectivity index (χ1v) is 5.65. The summed E-state index contributed by atoms with van der Waals surface area (Å²) in [5.41, 5.74) is 0.851. The van der Waals surface area contributed by atoms with Gasteiger partial charge in [-0.1, -0.05) is 0 Å². The van der Waals surface area contributed by atoms with Gasteiger partial charge in [0.2, 0.25) is 0 Å². The maximum Gasteiger partial charge on any atom is 0.308 e. The van der Waals surface area contributed by atoms with Gasteiger partial charge in [0.15, 0.2) is 5.78 Å². The molecule has 2 aromatic rings. The number of ketones is 1. The van der Waals surface area contributed by atoms with E-state index in [4.69, 9.17) is 4.74 Å². The Morgan fingerprint density at radius 2 is 1.37 bits per heavy atom. The second-order valence-electron chi connectivity index (χ2n) is 3.95. The molecule has 19 heavy (non-hydrogen) atoms. The van der Waals surface area contributed by atoms with Gasteiger partial charge >= 0.3 is 5.97 Å². The van der Waals surface area contributed by atoms with Crippen LogP contribution < -0.4 is 4.74 Å². The lowest BCUT2D eigenvalue weighted by molar-refractivity contribution is -0.131. The van der Waals surface area contributed by atoms with Gasteiger partial charge in [-0.3, -0.25) is 9.59 Å². The van der Waals surface area contributed by atoms with Crippen molar-refractivity contribution in [1.82, 2.24) is 0 Å². The molecule has 96 valence electrons.